The second-order valence-corrected chi connectivity index (χ2v) is 5.32. The van der Waals surface area contributed by atoms with Gasteiger partial charge in [-0.05, 0) is 29.3 Å². The first-order chi connectivity index (χ1) is 10.2. The van der Waals surface area contributed by atoms with Gasteiger partial charge in [0.1, 0.15) is 11.6 Å². The summed E-state index contributed by atoms with van der Waals surface area (Å²) in [6.45, 7) is 0.675. The lowest BCUT2D eigenvalue weighted by atomic mass is 10.1. The topological polar surface area (TPSA) is 38.0 Å². The van der Waals surface area contributed by atoms with Crippen molar-refractivity contribution >= 4 is 11.6 Å². The van der Waals surface area contributed by atoms with Crippen LogP contribution in [0.15, 0.2) is 60.9 Å². The molecule has 106 valence electrons. The first-order valence-corrected chi connectivity index (χ1v) is 7.11. The van der Waals surface area contributed by atoms with E-state index in [2.05, 4.69) is 9.55 Å². The number of rotatable bonds is 4. The summed E-state index contributed by atoms with van der Waals surface area (Å²) in [5.74, 6) is 1.23. The van der Waals surface area contributed by atoms with Gasteiger partial charge in [-0.25, -0.2) is 4.98 Å². The van der Waals surface area contributed by atoms with Gasteiger partial charge < -0.3 is 9.67 Å². The third-order valence-electron chi connectivity index (χ3n) is 3.37. The Morgan fingerprint density at radius 3 is 2.76 bits per heavy atom. The summed E-state index contributed by atoms with van der Waals surface area (Å²) in [6, 6.07) is 15.1. The molecule has 21 heavy (non-hydrogen) atoms. The van der Waals surface area contributed by atoms with Crippen LogP contribution in [0.3, 0.4) is 0 Å². The van der Waals surface area contributed by atoms with E-state index in [1.165, 1.54) is 0 Å². The van der Waals surface area contributed by atoms with E-state index in [4.69, 9.17) is 11.6 Å². The van der Waals surface area contributed by atoms with Gasteiger partial charge in [-0.2, -0.15) is 0 Å². The minimum Gasteiger partial charge on any atom is -0.508 e. The molecule has 0 saturated carbocycles. The molecule has 0 aliphatic carbocycles. The van der Waals surface area contributed by atoms with Crippen LogP contribution in [-0.2, 0) is 13.0 Å². The fourth-order valence-corrected chi connectivity index (χ4v) is 2.52. The third kappa shape index (κ3) is 3.26. The highest BCUT2D eigenvalue weighted by Crippen LogP contribution is 2.19. The molecule has 4 heteroatoms. The van der Waals surface area contributed by atoms with Crippen molar-refractivity contribution in [2.24, 2.45) is 0 Å². The second kappa shape index (κ2) is 6.02. The molecule has 0 atom stereocenters. The van der Waals surface area contributed by atoms with Crippen molar-refractivity contribution in [1.82, 2.24) is 9.55 Å². The highest BCUT2D eigenvalue weighted by molar-refractivity contribution is 6.31. The molecule has 1 N–H and O–H groups in total. The summed E-state index contributed by atoms with van der Waals surface area (Å²) in [5, 5.41) is 10.3. The Bertz CT molecular complexity index is 752. The van der Waals surface area contributed by atoms with Crippen LogP contribution in [-0.4, -0.2) is 14.7 Å². The van der Waals surface area contributed by atoms with Crippen LogP contribution >= 0.6 is 11.6 Å². The summed E-state index contributed by atoms with van der Waals surface area (Å²) < 4.78 is 2.07. The Morgan fingerprint density at radius 1 is 1.10 bits per heavy atom. The Labute approximate surface area is 128 Å². The van der Waals surface area contributed by atoms with Crippen molar-refractivity contribution < 1.29 is 5.11 Å². The van der Waals surface area contributed by atoms with Crippen LogP contribution in [0.5, 0.6) is 5.75 Å². The first-order valence-electron chi connectivity index (χ1n) is 6.74. The maximum Gasteiger partial charge on any atom is 0.115 e. The molecule has 0 unspecified atom stereocenters. The fourth-order valence-electron chi connectivity index (χ4n) is 2.31. The van der Waals surface area contributed by atoms with Gasteiger partial charge in [-0.1, -0.05) is 41.9 Å². The standard InChI is InChI=1S/C17H15ClN2O/c18-16-7-2-1-5-14(16)11-17-19-8-9-20(17)12-13-4-3-6-15(21)10-13/h1-10,21H,11-12H2. The van der Waals surface area contributed by atoms with Crippen molar-refractivity contribution in [3.8, 4) is 5.75 Å². The average Bonchev–Trinajstić information content (AvgIpc) is 2.89. The monoisotopic (exact) mass is 298 g/mol. The summed E-state index contributed by atoms with van der Waals surface area (Å²) in [5.41, 5.74) is 2.09. The number of halogens is 1. The molecule has 1 heterocycles. The number of aromatic nitrogens is 2. The summed E-state index contributed by atoms with van der Waals surface area (Å²) in [7, 11) is 0. The zero-order valence-corrected chi connectivity index (χ0v) is 12.2. The van der Waals surface area contributed by atoms with E-state index in [0.717, 1.165) is 22.0 Å². The van der Waals surface area contributed by atoms with Gasteiger partial charge in [0.25, 0.3) is 0 Å². The lowest BCUT2D eigenvalue weighted by molar-refractivity contribution is 0.474. The Hall–Kier alpha value is -2.26. The molecule has 3 rings (SSSR count). The van der Waals surface area contributed by atoms with Crippen molar-refractivity contribution in [3.63, 3.8) is 0 Å². The highest BCUT2D eigenvalue weighted by Gasteiger charge is 2.07. The van der Waals surface area contributed by atoms with Crippen LogP contribution in [0, 0.1) is 0 Å². The van der Waals surface area contributed by atoms with Gasteiger partial charge in [0.05, 0.1) is 0 Å². The number of hydrogen-bond acceptors (Lipinski definition) is 2. The van der Waals surface area contributed by atoms with Crippen LogP contribution in [0.2, 0.25) is 5.02 Å². The molecule has 0 saturated heterocycles. The molecular weight excluding hydrogens is 284 g/mol. The number of nitrogens with zero attached hydrogens (tertiary/aromatic N) is 2. The minimum absolute atomic E-state index is 0.278. The maximum absolute atomic E-state index is 9.54. The number of phenols is 1. The molecule has 3 aromatic rings. The number of benzene rings is 2. The SMILES string of the molecule is Oc1cccc(Cn2ccnc2Cc2ccccc2Cl)c1. The van der Waals surface area contributed by atoms with E-state index in [0.29, 0.717) is 13.0 Å². The summed E-state index contributed by atoms with van der Waals surface area (Å²) >= 11 is 6.20. The molecule has 3 nitrogen and oxygen atoms in total. The molecule has 0 aliphatic rings. The predicted molar refractivity (Wildman–Crippen MR) is 83.7 cm³/mol. The Morgan fingerprint density at radius 2 is 1.95 bits per heavy atom. The van der Waals surface area contributed by atoms with Gasteiger partial charge in [0.2, 0.25) is 0 Å². The van der Waals surface area contributed by atoms with Crippen LogP contribution in [0.4, 0.5) is 0 Å². The van der Waals surface area contributed by atoms with Crippen LogP contribution in [0.25, 0.3) is 0 Å². The average molecular weight is 299 g/mol. The lowest BCUT2D eigenvalue weighted by Crippen LogP contribution is -2.05. The zero-order valence-electron chi connectivity index (χ0n) is 11.4. The number of hydrogen-bond donors (Lipinski definition) is 1. The van der Waals surface area contributed by atoms with Gasteiger partial charge in [0.15, 0.2) is 0 Å². The molecule has 2 aromatic carbocycles. The van der Waals surface area contributed by atoms with Gasteiger partial charge >= 0.3 is 0 Å². The molecule has 0 radical (unpaired) electrons. The van der Waals surface area contributed by atoms with Gasteiger partial charge in [0, 0.05) is 30.4 Å². The Kier molecular flexibility index (Phi) is 3.93. The van der Waals surface area contributed by atoms with Crippen molar-refractivity contribution in [2.45, 2.75) is 13.0 Å². The molecule has 1 aromatic heterocycles. The minimum atomic E-state index is 0.278. The summed E-state index contributed by atoms with van der Waals surface area (Å²) in [4.78, 5) is 4.41. The van der Waals surface area contributed by atoms with Crippen molar-refractivity contribution in [3.05, 3.63) is 82.9 Å². The van der Waals surface area contributed by atoms with Gasteiger partial charge in [-0.15, -0.1) is 0 Å². The first kappa shape index (κ1) is 13.7. The molecule has 0 fully saturated rings. The van der Waals surface area contributed by atoms with Crippen LogP contribution in [0.1, 0.15) is 17.0 Å². The normalized spacial score (nSPS) is 10.7. The zero-order chi connectivity index (χ0) is 14.7. The van der Waals surface area contributed by atoms with E-state index in [1.54, 1.807) is 18.3 Å². The number of phenolic OH excluding ortho intramolecular Hbond substituents is 1. The van der Waals surface area contributed by atoms with E-state index in [9.17, 15) is 5.11 Å². The molecule has 0 amide bonds. The Balaban J connectivity index is 1.83. The summed E-state index contributed by atoms with van der Waals surface area (Å²) in [6.07, 6.45) is 4.41. The molecular formula is C17H15ClN2O. The highest BCUT2D eigenvalue weighted by atomic mass is 35.5. The number of aromatic hydroxyl groups is 1. The van der Waals surface area contributed by atoms with E-state index in [1.807, 2.05) is 42.6 Å². The van der Waals surface area contributed by atoms with E-state index < -0.39 is 0 Å². The van der Waals surface area contributed by atoms with Gasteiger partial charge in [-0.3, -0.25) is 0 Å². The van der Waals surface area contributed by atoms with Crippen molar-refractivity contribution in [2.75, 3.05) is 0 Å². The van der Waals surface area contributed by atoms with Crippen molar-refractivity contribution in [1.29, 1.82) is 0 Å². The molecule has 0 spiro atoms. The maximum atomic E-state index is 9.54. The molecule has 0 aliphatic heterocycles. The predicted octanol–water partition coefficient (Wildman–Crippen LogP) is 3.88. The number of imidazole rings is 1. The molecule has 0 bridgehead atoms. The smallest absolute Gasteiger partial charge is 0.115 e. The third-order valence-corrected chi connectivity index (χ3v) is 3.74. The van der Waals surface area contributed by atoms with Crippen LogP contribution < -0.4 is 0 Å². The largest absolute Gasteiger partial charge is 0.508 e. The fraction of sp³-hybridized carbons (Fsp3) is 0.118. The van der Waals surface area contributed by atoms with E-state index in [-0.39, 0.29) is 5.75 Å². The lowest BCUT2D eigenvalue weighted by Gasteiger charge is -2.09. The quantitative estimate of drug-likeness (QED) is 0.794. The second-order valence-electron chi connectivity index (χ2n) is 4.91. The van der Waals surface area contributed by atoms with E-state index >= 15 is 0 Å².